The van der Waals surface area contributed by atoms with Crippen LogP contribution in [0.25, 0.3) is 0 Å². The lowest BCUT2D eigenvalue weighted by Gasteiger charge is -2.35. The molecule has 1 N–H and O–H groups in total. The number of benzene rings is 1. The van der Waals surface area contributed by atoms with Crippen molar-refractivity contribution in [3.8, 4) is 0 Å². The standard InChI is InChI=1S/C22H28N4O2/c1-2-25(17-19-8-11-23-12-9-19)21(27)16-20-22(28)24-13-15-26(20)14-10-18-6-4-3-5-7-18/h3-9,11-12,20H,2,10,13-17H2,1H3,(H,24,28)/t20-/m1/s1. The third-order valence-corrected chi connectivity index (χ3v) is 5.20. The Morgan fingerprint density at radius 1 is 1.18 bits per heavy atom. The van der Waals surface area contributed by atoms with E-state index in [1.165, 1.54) is 5.56 Å². The van der Waals surface area contributed by atoms with Crippen LogP contribution in [0.15, 0.2) is 54.9 Å². The Bertz CT molecular complexity index is 767. The summed E-state index contributed by atoms with van der Waals surface area (Å²) in [5.74, 6) is -0.0429. The maximum Gasteiger partial charge on any atom is 0.237 e. The van der Waals surface area contributed by atoms with Gasteiger partial charge in [-0.3, -0.25) is 19.5 Å². The van der Waals surface area contributed by atoms with Crippen LogP contribution in [0.4, 0.5) is 0 Å². The molecule has 6 nitrogen and oxygen atoms in total. The SMILES string of the molecule is CCN(Cc1ccncc1)C(=O)C[C@@H]1C(=O)NCCN1CCc1ccccc1. The summed E-state index contributed by atoms with van der Waals surface area (Å²) in [6.45, 7) is 5.29. The third kappa shape index (κ3) is 5.39. The second-order valence-corrected chi connectivity index (χ2v) is 7.05. The van der Waals surface area contributed by atoms with Crippen molar-refractivity contribution in [2.45, 2.75) is 32.4 Å². The molecule has 1 atom stereocenters. The molecular formula is C22H28N4O2. The van der Waals surface area contributed by atoms with Crippen LogP contribution in [-0.4, -0.2) is 58.8 Å². The molecule has 1 saturated heterocycles. The number of hydrogen-bond donors (Lipinski definition) is 1. The molecule has 0 bridgehead atoms. The first-order chi connectivity index (χ1) is 13.7. The van der Waals surface area contributed by atoms with E-state index in [4.69, 9.17) is 0 Å². The zero-order valence-electron chi connectivity index (χ0n) is 16.4. The van der Waals surface area contributed by atoms with Crippen LogP contribution in [0, 0.1) is 0 Å². The molecule has 0 radical (unpaired) electrons. The molecule has 0 spiro atoms. The smallest absolute Gasteiger partial charge is 0.237 e. The number of hydrogen-bond acceptors (Lipinski definition) is 4. The molecule has 0 aliphatic carbocycles. The van der Waals surface area contributed by atoms with E-state index in [-0.39, 0.29) is 18.2 Å². The number of nitrogens with one attached hydrogen (secondary N) is 1. The largest absolute Gasteiger partial charge is 0.353 e. The molecule has 148 valence electrons. The van der Waals surface area contributed by atoms with Crippen LogP contribution in [0.1, 0.15) is 24.5 Å². The van der Waals surface area contributed by atoms with Crippen molar-refractivity contribution in [1.82, 2.24) is 20.1 Å². The minimum absolute atomic E-state index is 0.00562. The van der Waals surface area contributed by atoms with Gasteiger partial charge in [0.25, 0.3) is 0 Å². The van der Waals surface area contributed by atoms with E-state index < -0.39 is 6.04 Å². The summed E-state index contributed by atoms with van der Waals surface area (Å²) in [6.07, 6.45) is 4.54. The first-order valence-electron chi connectivity index (χ1n) is 9.89. The number of amides is 2. The number of carbonyl (C=O) groups excluding carboxylic acids is 2. The van der Waals surface area contributed by atoms with E-state index in [0.29, 0.717) is 19.6 Å². The molecule has 2 amide bonds. The normalized spacial score (nSPS) is 17.2. The van der Waals surface area contributed by atoms with Crippen LogP contribution in [0.3, 0.4) is 0 Å². The maximum atomic E-state index is 12.9. The van der Waals surface area contributed by atoms with Crippen molar-refractivity contribution >= 4 is 11.8 Å². The van der Waals surface area contributed by atoms with E-state index in [0.717, 1.165) is 25.1 Å². The molecule has 1 aliphatic rings. The number of carbonyl (C=O) groups is 2. The number of pyridine rings is 1. The summed E-state index contributed by atoms with van der Waals surface area (Å²) < 4.78 is 0. The van der Waals surface area contributed by atoms with E-state index >= 15 is 0 Å². The first kappa shape index (κ1) is 20.0. The first-order valence-corrected chi connectivity index (χ1v) is 9.89. The second-order valence-electron chi connectivity index (χ2n) is 7.05. The molecule has 1 aliphatic heterocycles. The average molecular weight is 380 g/mol. The second kappa shape index (κ2) is 9.99. The Morgan fingerprint density at radius 3 is 2.64 bits per heavy atom. The van der Waals surface area contributed by atoms with Gasteiger partial charge in [0, 0.05) is 45.1 Å². The average Bonchev–Trinajstić information content (AvgIpc) is 2.74. The van der Waals surface area contributed by atoms with Crippen LogP contribution in [0.2, 0.25) is 0 Å². The highest BCUT2D eigenvalue weighted by molar-refractivity contribution is 5.88. The van der Waals surface area contributed by atoms with Crippen molar-refractivity contribution in [2.75, 3.05) is 26.2 Å². The minimum atomic E-state index is -0.406. The van der Waals surface area contributed by atoms with Crippen molar-refractivity contribution in [2.24, 2.45) is 0 Å². The zero-order chi connectivity index (χ0) is 19.8. The fourth-order valence-corrected chi connectivity index (χ4v) is 3.55. The van der Waals surface area contributed by atoms with Gasteiger partial charge >= 0.3 is 0 Å². The van der Waals surface area contributed by atoms with Gasteiger partial charge in [-0.1, -0.05) is 30.3 Å². The number of aromatic nitrogens is 1. The Labute approximate surface area is 166 Å². The third-order valence-electron chi connectivity index (χ3n) is 5.20. The predicted octanol–water partition coefficient (Wildman–Crippen LogP) is 1.86. The summed E-state index contributed by atoms with van der Waals surface area (Å²) in [4.78, 5) is 33.4. The van der Waals surface area contributed by atoms with Gasteiger partial charge in [0.05, 0.1) is 12.5 Å². The van der Waals surface area contributed by atoms with Gasteiger partial charge in [-0.15, -0.1) is 0 Å². The Morgan fingerprint density at radius 2 is 1.93 bits per heavy atom. The van der Waals surface area contributed by atoms with E-state index in [2.05, 4.69) is 27.3 Å². The molecule has 1 aromatic heterocycles. The minimum Gasteiger partial charge on any atom is -0.353 e. The molecule has 1 aromatic carbocycles. The van der Waals surface area contributed by atoms with Crippen LogP contribution >= 0.6 is 0 Å². The van der Waals surface area contributed by atoms with Gasteiger partial charge in [-0.25, -0.2) is 0 Å². The highest BCUT2D eigenvalue weighted by Crippen LogP contribution is 2.14. The number of nitrogens with zero attached hydrogens (tertiary/aromatic N) is 3. The molecule has 0 saturated carbocycles. The Balaban J connectivity index is 1.62. The van der Waals surface area contributed by atoms with Crippen molar-refractivity contribution < 1.29 is 9.59 Å². The van der Waals surface area contributed by atoms with Crippen LogP contribution < -0.4 is 5.32 Å². The monoisotopic (exact) mass is 380 g/mol. The topological polar surface area (TPSA) is 65.5 Å². The molecule has 6 heteroatoms. The fraction of sp³-hybridized carbons (Fsp3) is 0.409. The molecule has 0 unspecified atom stereocenters. The molecule has 2 aromatic rings. The van der Waals surface area contributed by atoms with Gasteiger partial charge in [-0.05, 0) is 36.6 Å². The van der Waals surface area contributed by atoms with E-state index in [1.807, 2.05) is 37.3 Å². The van der Waals surface area contributed by atoms with E-state index in [1.54, 1.807) is 17.3 Å². The lowest BCUT2D eigenvalue weighted by molar-refractivity contribution is -0.139. The van der Waals surface area contributed by atoms with Gasteiger partial charge < -0.3 is 10.2 Å². The summed E-state index contributed by atoms with van der Waals surface area (Å²) in [7, 11) is 0. The van der Waals surface area contributed by atoms with Crippen molar-refractivity contribution in [1.29, 1.82) is 0 Å². The molecule has 2 heterocycles. The molecule has 1 fully saturated rings. The van der Waals surface area contributed by atoms with Crippen molar-refractivity contribution in [3.63, 3.8) is 0 Å². The summed E-state index contributed by atoms with van der Waals surface area (Å²) in [6, 6.07) is 13.7. The van der Waals surface area contributed by atoms with Crippen LogP contribution in [-0.2, 0) is 22.6 Å². The molecule has 3 rings (SSSR count). The van der Waals surface area contributed by atoms with Gasteiger partial charge in [0.15, 0.2) is 0 Å². The lowest BCUT2D eigenvalue weighted by atomic mass is 10.1. The quantitative estimate of drug-likeness (QED) is 0.759. The zero-order valence-corrected chi connectivity index (χ0v) is 16.4. The van der Waals surface area contributed by atoms with Gasteiger partial charge in [-0.2, -0.15) is 0 Å². The fourth-order valence-electron chi connectivity index (χ4n) is 3.55. The molecule has 28 heavy (non-hydrogen) atoms. The van der Waals surface area contributed by atoms with Gasteiger partial charge in [0.1, 0.15) is 0 Å². The van der Waals surface area contributed by atoms with E-state index in [9.17, 15) is 9.59 Å². The lowest BCUT2D eigenvalue weighted by Crippen LogP contribution is -2.57. The molecular weight excluding hydrogens is 352 g/mol. The van der Waals surface area contributed by atoms with Crippen molar-refractivity contribution in [3.05, 3.63) is 66.0 Å². The summed E-state index contributed by atoms with van der Waals surface area (Å²) in [5.41, 5.74) is 2.28. The van der Waals surface area contributed by atoms with Crippen LogP contribution in [0.5, 0.6) is 0 Å². The maximum absolute atomic E-state index is 12.9. The van der Waals surface area contributed by atoms with Gasteiger partial charge in [0.2, 0.25) is 11.8 Å². The highest BCUT2D eigenvalue weighted by atomic mass is 16.2. The predicted molar refractivity (Wildman–Crippen MR) is 108 cm³/mol. The summed E-state index contributed by atoms with van der Waals surface area (Å²) in [5, 5.41) is 2.91. The summed E-state index contributed by atoms with van der Waals surface area (Å²) >= 11 is 0. The Hall–Kier alpha value is -2.73. The number of piperazine rings is 1. The highest BCUT2D eigenvalue weighted by Gasteiger charge is 2.32. The Kier molecular flexibility index (Phi) is 7.14. The number of rotatable bonds is 8.